The van der Waals surface area contributed by atoms with Crippen LogP contribution >= 0.6 is 0 Å². The Balaban J connectivity index is 2.01. The van der Waals surface area contributed by atoms with Crippen LogP contribution in [0.2, 0.25) is 0 Å². The van der Waals surface area contributed by atoms with E-state index in [0.717, 1.165) is 11.1 Å². The normalized spacial score (nSPS) is 11.0. The summed E-state index contributed by atoms with van der Waals surface area (Å²) in [5.74, 6) is 0.473. The molecule has 3 aromatic rings. The Labute approximate surface area is 114 Å². The molecule has 0 radical (unpaired) electrons. The summed E-state index contributed by atoms with van der Waals surface area (Å²) < 4.78 is 1.23. The van der Waals surface area contributed by atoms with Gasteiger partial charge in [-0.05, 0) is 17.7 Å². The minimum absolute atomic E-state index is 0.380. The molecular weight excluding hydrogens is 254 g/mol. The molecule has 3 rings (SSSR count). The molecule has 0 aliphatic carbocycles. The number of hydrogen-bond donors (Lipinski definition) is 1. The Kier molecular flexibility index (Phi) is 3.20. The fourth-order valence-electron chi connectivity index (χ4n) is 1.75. The van der Waals surface area contributed by atoms with Crippen molar-refractivity contribution in [1.82, 2.24) is 19.9 Å². The van der Waals surface area contributed by atoms with Gasteiger partial charge in [-0.2, -0.15) is 14.9 Å². The van der Waals surface area contributed by atoms with Gasteiger partial charge >= 0.3 is 5.69 Å². The van der Waals surface area contributed by atoms with Gasteiger partial charge in [0.1, 0.15) is 0 Å². The summed E-state index contributed by atoms with van der Waals surface area (Å²) in [7, 11) is 0. The average molecular weight is 265 g/mol. The van der Waals surface area contributed by atoms with Gasteiger partial charge in [-0.1, -0.05) is 30.3 Å². The van der Waals surface area contributed by atoms with E-state index in [4.69, 9.17) is 0 Å². The second kappa shape index (κ2) is 5.31. The molecule has 0 atom stereocenters. The molecule has 6 heteroatoms. The highest BCUT2D eigenvalue weighted by Gasteiger charge is 2.08. The highest BCUT2D eigenvalue weighted by atomic mass is 16.2. The molecular formula is C14H11N5O. The third-order valence-electron chi connectivity index (χ3n) is 2.71. The SMILES string of the molecule is O=c1[nH]nc(-c2ccccc2)n1N=Cc1ccncc1. The Morgan fingerprint density at radius 3 is 2.60 bits per heavy atom. The van der Waals surface area contributed by atoms with Gasteiger partial charge in [0.15, 0.2) is 5.82 Å². The summed E-state index contributed by atoms with van der Waals surface area (Å²) in [5.41, 5.74) is 1.29. The molecule has 0 fully saturated rings. The molecule has 0 aliphatic heterocycles. The lowest BCUT2D eigenvalue weighted by Crippen LogP contribution is -2.13. The Morgan fingerprint density at radius 2 is 1.85 bits per heavy atom. The zero-order chi connectivity index (χ0) is 13.8. The van der Waals surface area contributed by atoms with Gasteiger partial charge < -0.3 is 0 Å². The van der Waals surface area contributed by atoms with Crippen LogP contribution < -0.4 is 5.69 Å². The number of aromatic amines is 1. The van der Waals surface area contributed by atoms with E-state index in [-0.39, 0.29) is 5.69 Å². The Bertz CT molecular complexity index is 774. The molecule has 0 unspecified atom stereocenters. The fourth-order valence-corrected chi connectivity index (χ4v) is 1.75. The molecule has 1 aromatic carbocycles. The van der Waals surface area contributed by atoms with E-state index in [1.807, 2.05) is 30.3 Å². The molecule has 2 aromatic heterocycles. The summed E-state index contributed by atoms with van der Waals surface area (Å²) >= 11 is 0. The molecule has 0 saturated carbocycles. The first-order valence-electron chi connectivity index (χ1n) is 6.02. The number of aromatic nitrogens is 4. The maximum atomic E-state index is 11.8. The van der Waals surface area contributed by atoms with Crippen molar-refractivity contribution in [2.75, 3.05) is 0 Å². The van der Waals surface area contributed by atoms with E-state index in [9.17, 15) is 4.79 Å². The minimum Gasteiger partial charge on any atom is -0.265 e. The molecule has 1 N–H and O–H groups in total. The number of nitrogens with zero attached hydrogens (tertiary/aromatic N) is 4. The highest BCUT2D eigenvalue weighted by molar-refractivity contribution is 5.79. The summed E-state index contributed by atoms with van der Waals surface area (Å²) in [6.45, 7) is 0. The van der Waals surface area contributed by atoms with Crippen LogP contribution in [0.3, 0.4) is 0 Å². The van der Waals surface area contributed by atoms with Crippen LogP contribution in [-0.4, -0.2) is 26.1 Å². The van der Waals surface area contributed by atoms with Crippen LogP contribution in [0.25, 0.3) is 11.4 Å². The first-order valence-corrected chi connectivity index (χ1v) is 6.02. The van der Waals surface area contributed by atoms with Gasteiger partial charge in [0.2, 0.25) is 0 Å². The van der Waals surface area contributed by atoms with Crippen molar-refractivity contribution in [2.45, 2.75) is 0 Å². The number of rotatable bonds is 3. The van der Waals surface area contributed by atoms with Crippen LogP contribution in [0, 0.1) is 0 Å². The van der Waals surface area contributed by atoms with Crippen LogP contribution in [0.4, 0.5) is 0 Å². The summed E-state index contributed by atoms with van der Waals surface area (Å²) in [6.07, 6.45) is 4.92. The second-order valence-electron chi connectivity index (χ2n) is 4.06. The molecule has 0 amide bonds. The van der Waals surface area contributed by atoms with E-state index in [1.54, 1.807) is 30.7 Å². The number of H-pyrrole nitrogens is 1. The first kappa shape index (κ1) is 12.0. The maximum absolute atomic E-state index is 11.8. The van der Waals surface area contributed by atoms with Gasteiger partial charge in [0, 0.05) is 18.0 Å². The topological polar surface area (TPSA) is 75.9 Å². The molecule has 6 nitrogen and oxygen atoms in total. The van der Waals surface area contributed by atoms with E-state index in [1.165, 1.54) is 4.68 Å². The van der Waals surface area contributed by atoms with Crippen LogP contribution in [0.1, 0.15) is 5.56 Å². The summed E-state index contributed by atoms with van der Waals surface area (Å²) in [4.78, 5) is 15.7. The van der Waals surface area contributed by atoms with Crippen molar-refractivity contribution in [2.24, 2.45) is 5.10 Å². The monoisotopic (exact) mass is 265 g/mol. The van der Waals surface area contributed by atoms with Crippen molar-refractivity contribution in [1.29, 1.82) is 0 Å². The lowest BCUT2D eigenvalue weighted by Gasteiger charge is -1.99. The maximum Gasteiger partial charge on any atom is 0.364 e. The number of hydrogen-bond acceptors (Lipinski definition) is 4. The summed E-state index contributed by atoms with van der Waals surface area (Å²) in [5, 5.41) is 10.6. The quantitative estimate of drug-likeness (QED) is 0.729. The van der Waals surface area contributed by atoms with Crippen LogP contribution in [-0.2, 0) is 0 Å². The lowest BCUT2D eigenvalue weighted by atomic mass is 10.2. The van der Waals surface area contributed by atoms with Gasteiger partial charge in [0.25, 0.3) is 0 Å². The third kappa shape index (κ3) is 2.39. The predicted molar refractivity (Wildman–Crippen MR) is 75.5 cm³/mol. The van der Waals surface area contributed by atoms with Crippen molar-refractivity contribution >= 4 is 6.21 Å². The van der Waals surface area contributed by atoms with Crippen molar-refractivity contribution in [3.8, 4) is 11.4 Å². The molecule has 20 heavy (non-hydrogen) atoms. The van der Waals surface area contributed by atoms with Gasteiger partial charge in [-0.25, -0.2) is 9.89 Å². The highest BCUT2D eigenvalue weighted by Crippen LogP contribution is 2.13. The zero-order valence-electron chi connectivity index (χ0n) is 10.5. The molecule has 2 heterocycles. The number of benzene rings is 1. The van der Waals surface area contributed by atoms with Gasteiger partial charge in [0.05, 0.1) is 6.21 Å². The standard InChI is InChI=1S/C14H11N5O/c20-14-18-17-13(12-4-2-1-3-5-12)19(14)16-10-11-6-8-15-9-7-11/h1-10H,(H,18,20). The lowest BCUT2D eigenvalue weighted by molar-refractivity contribution is 0.842. The predicted octanol–water partition coefficient (Wildman–Crippen LogP) is 1.52. The van der Waals surface area contributed by atoms with Crippen LogP contribution in [0.15, 0.2) is 64.8 Å². The van der Waals surface area contributed by atoms with E-state index >= 15 is 0 Å². The smallest absolute Gasteiger partial charge is 0.265 e. The molecule has 0 saturated heterocycles. The van der Waals surface area contributed by atoms with Crippen molar-refractivity contribution in [3.63, 3.8) is 0 Å². The largest absolute Gasteiger partial charge is 0.364 e. The van der Waals surface area contributed by atoms with Gasteiger partial charge in [-0.3, -0.25) is 4.98 Å². The van der Waals surface area contributed by atoms with Gasteiger partial charge in [-0.15, -0.1) is 0 Å². The third-order valence-corrected chi connectivity index (χ3v) is 2.71. The molecule has 0 bridgehead atoms. The number of pyridine rings is 1. The van der Waals surface area contributed by atoms with E-state index in [2.05, 4.69) is 20.3 Å². The van der Waals surface area contributed by atoms with Crippen molar-refractivity contribution in [3.05, 3.63) is 70.9 Å². The minimum atomic E-state index is -0.380. The zero-order valence-corrected chi connectivity index (χ0v) is 10.5. The molecule has 0 spiro atoms. The molecule has 0 aliphatic rings. The Morgan fingerprint density at radius 1 is 1.10 bits per heavy atom. The van der Waals surface area contributed by atoms with E-state index < -0.39 is 0 Å². The van der Waals surface area contributed by atoms with Crippen LogP contribution in [0.5, 0.6) is 0 Å². The number of nitrogens with one attached hydrogen (secondary N) is 1. The molecule has 98 valence electrons. The fraction of sp³-hybridized carbons (Fsp3) is 0. The Hall–Kier alpha value is -3.02. The van der Waals surface area contributed by atoms with Crippen molar-refractivity contribution < 1.29 is 0 Å². The second-order valence-corrected chi connectivity index (χ2v) is 4.06. The average Bonchev–Trinajstić information content (AvgIpc) is 2.88. The summed E-state index contributed by atoms with van der Waals surface area (Å²) in [6, 6.07) is 13.0. The van der Waals surface area contributed by atoms with E-state index in [0.29, 0.717) is 5.82 Å². The first-order chi connectivity index (χ1) is 9.84.